The molecule has 2 N–H and O–H groups in total. The van der Waals surface area contributed by atoms with Gasteiger partial charge in [0.1, 0.15) is 11.6 Å². The summed E-state index contributed by atoms with van der Waals surface area (Å²) in [4.78, 5) is 11.4. The van der Waals surface area contributed by atoms with Gasteiger partial charge in [-0.1, -0.05) is 29.8 Å². The number of anilines is 1. The van der Waals surface area contributed by atoms with Crippen molar-refractivity contribution in [2.24, 2.45) is 0 Å². The number of hydrogen-bond acceptors (Lipinski definition) is 3. The molecule has 18 heavy (non-hydrogen) atoms. The molecular weight excluding hydrogens is 296 g/mol. The average Bonchev–Trinajstić information content (AvgIpc) is 2.37. The van der Waals surface area contributed by atoms with Crippen LogP contribution in [-0.2, 0) is 4.79 Å². The van der Waals surface area contributed by atoms with Crippen molar-refractivity contribution < 1.29 is 9.90 Å². The Morgan fingerprint density at radius 2 is 2.11 bits per heavy atom. The van der Waals surface area contributed by atoms with Gasteiger partial charge in [0.05, 0.1) is 11.3 Å². The summed E-state index contributed by atoms with van der Waals surface area (Å²) >= 11 is 3.28. The number of aliphatic carboxylic acids is 1. The molecule has 0 saturated carbocycles. The Bertz CT molecular complexity index is 490. The molecule has 0 unspecified atom stereocenters. The van der Waals surface area contributed by atoms with E-state index < -0.39 is 11.5 Å². The second kappa shape index (κ2) is 5.87. The zero-order chi connectivity index (χ0) is 13.8. The number of nitrogens with one attached hydrogen (secondary N) is 1. The Balaban J connectivity index is 3.17. The fourth-order valence-corrected chi connectivity index (χ4v) is 2.12. The van der Waals surface area contributed by atoms with Crippen LogP contribution in [0.1, 0.15) is 32.3 Å². The number of benzene rings is 1. The van der Waals surface area contributed by atoms with Crippen LogP contribution in [0.4, 0.5) is 5.69 Å². The SMILES string of the molecule is CCC(CC)(Nc1ccc(Br)cc1C#N)C(=O)O. The minimum atomic E-state index is -1.03. The Labute approximate surface area is 115 Å². The van der Waals surface area contributed by atoms with Gasteiger partial charge in [-0.15, -0.1) is 0 Å². The summed E-state index contributed by atoms with van der Waals surface area (Å²) in [5, 5.41) is 21.4. The van der Waals surface area contributed by atoms with Crippen molar-refractivity contribution in [2.75, 3.05) is 5.32 Å². The lowest BCUT2D eigenvalue weighted by atomic mass is 9.92. The molecule has 5 heteroatoms. The van der Waals surface area contributed by atoms with Gasteiger partial charge in [-0.25, -0.2) is 4.79 Å². The number of hydrogen-bond donors (Lipinski definition) is 2. The van der Waals surface area contributed by atoms with Crippen molar-refractivity contribution in [3.63, 3.8) is 0 Å². The van der Waals surface area contributed by atoms with E-state index in [0.717, 1.165) is 4.47 Å². The molecule has 0 fully saturated rings. The van der Waals surface area contributed by atoms with E-state index in [0.29, 0.717) is 24.1 Å². The molecule has 0 radical (unpaired) electrons. The van der Waals surface area contributed by atoms with Crippen LogP contribution < -0.4 is 5.32 Å². The molecule has 0 aliphatic rings. The number of rotatable bonds is 5. The van der Waals surface area contributed by atoms with Crippen molar-refractivity contribution in [1.82, 2.24) is 0 Å². The third-order valence-electron chi connectivity index (χ3n) is 3.09. The van der Waals surface area contributed by atoms with E-state index in [2.05, 4.69) is 27.3 Å². The number of carbonyl (C=O) groups is 1. The first-order valence-electron chi connectivity index (χ1n) is 5.70. The maximum atomic E-state index is 11.4. The molecule has 4 nitrogen and oxygen atoms in total. The molecule has 0 aliphatic heterocycles. The van der Waals surface area contributed by atoms with Gasteiger partial charge in [0, 0.05) is 4.47 Å². The minimum Gasteiger partial charge on any atom is -0.480 e. The van der Waals surface area contributed by atoms with Crippen LogP contribution in [0.15, 0.2) is 22.7 Å². The van der Waals surface area contributed by atoms with E-state index in [9.17, 15) is 9.90 Å². The molecule has 0 heterocycles. The van der Waals surface area contributed by atoms with Crippen molar-refractivity contribution in [2.45, 2.75) is 32.2 Å². The number of carboxylic acids is 1. The molecule has 1 rings (SSSR count). The van der Waals surface area contributed by atoms with Crippen LogP contribution >= 0.6 is 15.9 Å². The highest BCUT2D eigenvalue weighted by Crippen LogP contribution is 2.27. The van der Waals surface area contributed by atoms with E-state index in [4.69, 9.17) is 5.26 Å². The Hall–Kier alpha value is -1.54. The highest BCUT2D eigenvalue weighted by Gasteiger charge is 2.35. The predicted octanol–water partition coefficient (Wildman–Crippen LogP) is 3.38. The number of nitriles is 1. The first-order chi connectivity index (χ1) is 8.49. The lowest BCUT2D eigenvalue weighted by Crippen LogP contribution is -2.45. The molecule has 0 saturated heterocycles. The summed E-state index contributed by atoms with van der Waals surface area (Å²) in [6.45, 7) is 3.63. The Morgan fingerprint density at radius 3 is 2.56 bits per heavy atom. The van der Waals surface area contributed by atoms with Crippen LogP contribution in [-0.4, -0.2) is 16.6 Å². The van der Waals surface area contributed by atoms with E-state index >= 15 is 0 Å². The van der Waals surface area contributed by atoms with Crippen LogP contribution in [0.2, 0.25) is 0 Å². The summed E-state index contributed by atoms with van der Waals surface area (Å²) < 4.78 is 0.790. The van der Waals surface area contributed by atoms with E-state index in [1.807, 2.05) is 13.8 Å². The molecule has 96 valence electrons. The minimum absolute atomic E-state index is 0.428. The van der Waals surface area contributed by atoms with Crippen LogP contribution in [0, 0.1) is 11.3 Å². The van der Waals surface area contributed by atoms with Crippen LogP contribution in [0.3, 0.4) is 0 Å². The summed E-state index contributed by atoms with van der Waals surface area (Å²) in [6, 6.07) is 7.22. The van der Waals surface area contributed by atoms with Gasteiger partial charge in [-0.3, -0.25) is 0 Å². The van der Waals surface area contributed by atoms with Crippen LogP contribution in [0.5, 0.6) is 0 Å². The molecule has 0 aliphatic carbocycles. The van der Waals surface area contributed by atoms with Gasteiger partial charge in [0.25, 0.3) is 0 Å². The standard InChI is InChI=1S/C13H15BrN2O2/c1-3-13(4-2,12(17)18)16-11-6-5-10(14)7-9(11)8-15/h5-7,16H,3-4H2,1-2H3,(H,17,18). The lowest BCUT2D eigenvalue weighted by Gasteiger charge is -2.29. The van der Waals surface area contributed by atoms with E-state index in [1.54, 1.807) is 18.2 Å². The molecule has 0 atom stereocenters. The van der Waals surface area contributed by atoms with Crippen molar-refractivity contribution in [3.8, 4) is 6.07 Å². The Morgan fingerprint density at radius 1 is 1.50 bits per heavy atom. The van der Waals surface area contributed by atoms with Crippen molar-refractivity contribution >= 4 is 27.6 Å². The smallest absolute Gasteiger partial charge is 0.329 e. The van der Waals surface area contributed by atoms with Gasteiger partial charge in [-0.2, -0.15) is 5.26 Å². The highest BCUT2D eigenvalue weighted by molar-refractivity contribution is 9.10. The third kappa shape index (κ3) is 2.82. The molecule has 0 aromatic heterocycles. The van der Waals surface area contributed by atoms with Crippen molar-refractivity contribution in [3.05, 3.63) is 28.2 Å². The fourth-order valence-electron chi connectivity index (χ4n) is 1.76. The monoisotopic (exact) mass is 310 g/mol. The normalized spacial score (nSPS) is 10.8. The maximum absolute atomic E-state index is 11.4. The molecular formula is C13H15BrN2O2. The van der Waals surface area contributed by atoms with Gasteiger partial charge < -0.3 is 10.4 Å². The molecule has 0 spiro atoms. The third-order valence-corrected chi connectivity index (χ3v) is 3.59. The van der Waals surface area contributed by atoms with Gasteiger partial charge in [-0.05, 0) is 31.0 Å². The first kappa shape index (κ1) is 14.5. The fraction of sp³-hybridized carbons (Fsp3) is 0.385. The van der Waals surface area contributed by atoms with Gasteiger partial charge >= 0.3 is 5.97 Å². The van der Waals surface area contributed by atoms with Gasteiger partial charge in [0.15, 0.2) is 0 Å². The largest absolute Gasteiger partial charge is 0.480 e. The predicted molar refractivity (Wildman–Crippen MR) is 73.4 cm³/mol. The Kier molecular flexibility index (Phi) is 4.74. The summed E-state index contributed by atoms with van der Waals surface area (Å²) in [5.41, 5.74) is -0.0527. The number of carboxylic acid groups (broad SMARTS) is 1. The molecule has 0 amide bonds. The summed E-state index contributed by atoms with van der Waals surface area (Å²) in [7, 11) is 0. The zero-order valence-electron chi connectivity index (χ0n) is 10.3. The second-order valence-electron chi connectivity index (χ2n) is 4.02. The first-order valence-corrected chi connectivity index (χ1v) is 6.49. The second-order valence-corrected chi connectivity index (χ2v) is 4.94. The quantitative estimate of drug-likeness (QED) is 0.874. The van der Waals surface area contributed by atoms with E-state index in [1.165, 1.54) is 0 Å². The number of nitrogens with zero attached hydrogens (tertiary/aromatic N) is 1. The van der Waals surface area contributed by atoms with Gasteiger partial charge in [0.2, 0.25) is 0 Å². The lowest BCUT2D eigenvalue weighted by molar-refractivity contribution is -0.142. The molecule has 0 bridgehead atoms. The maximum Gasteiger partial charge on any atom is 0.329 e. The number of halogens is 1. The van der Waals surface area contributed by atoms with E-state index in [-0.39, 0.29) is 0 Å². The van der Waals surface area contributed by atoms with Crippen LogP contribution in [0.25, 0.3) is 0 Å². The van der Waals surface area contributed by atoms with Crippen molar-refractivity contribution in [1.29, 1.82) is 5.26 Å². The average molecular weight is 311 g/mol. The zero-order valence-corrected chi connectivity index (χ0v) is 11.9. The molecule has 1 aromatic carbocycles. The summed E-state index contributed by atoms with van der Waals surface area (Å²) in [5.74, 6) is -0.903. The topological polar surface area (TPSA) is 73.1 Å². The molecule has 1 aromatic rings. The highest BCUT2D eigenvalue weighted by atomic mass is 79.9. The summed E-state index contributed by atoms with van der Waals surface area (Å²) in [6.07, 6.45) is 0.888.